The number of hydrogen-bond donors (Lipinski definition) is 3. The van der Waals surface area contributed by atoms with Gasteiger partial charge in [-0.2, -0.15) is 0 Å². The highest BCUT2D eigenvalue weighted by atomic mass is 16.3. The second-order valence-corrected chi connectivity index (χ2v) is 4.00. The highest BCUT2D eigenvalue weighted by Gasteiger charge is 2.11. The molecule has 0 saturated carbocycles. The number of benzene rings is 1. The van der Waals surface area contributed by atoms with Crippen LogP contribution in [0, 0.1) is 6.92 Å². The Morgan fingerprint density at radius 3 is 2.47 bits per heavy atom. The molecule has 1 heterocycles. The maximum Gasteiger partial charge on any atom is 0.273 e. The van der Waals surface area contributed by atoms with Gasteiger partial charge in [-0.05, 0) is 42.8 Å². The average molecular weight is 258 g/mol. The van der Waals surface area contributed by atoms with Crippen molar-refractivity contribution in [2.75, 3.05) is 0 Å². The fourth-order valence-electron chi connectivity index (χ4n) is 1.55. The number of furan rings is 1. The largest absolute Gasteiger partial charge is 0.508 e. The molecule has 98 valence electrons. The molecule has 5 heteroatoms. The van der Waals surface area contributed by atoms with E-state index in [9.17, 15) is 9.90 Å². The number of phenolic OH excluding ortho intramolecular Hbond substituents is 1. The first-order chi connectivity index (χ1) is 9.08. The van der Waals surface area contributed by atoms with Crippen molar-refractivity contribution in [3.8, 4) is 5.75 Å². The van der Waals surface area contributed by atoms with Crippen molar-refractivity contribution in [1.29, 1.82) is 0 Å². The third kappa shape index (κ3) is 2.95. The molecule has 2 aromatic rings. The zero-order chi connectivity index (χ0) is 13.8. The Labute approximate surface area is 110 Å². The summed E-state index contributed by atoms with van der Waals surface area (Å²) in [6.45, 7) is 5.51. The number of aryl methyl sites for hydroxylation is 1. The van der Waals surface area contributed by atoms with E-state index in [-0.39, 0.29) is 11.7 Å². The van der Waals surface area contributed by atoms with E-state index in [4.69, 9.17) is 4.42 Å². The molecule has 3 N–H and O–H groups in total. The summed E-state index contributed by atoms with van der Waals surface area (Å²) in [5.41, 5.74) is 7.00. The Balaban J connectivity index is 1.96. The van der Waals surface area contributed by atoms with Crippen LogP contribution in [0.5, 0.6) is 5.75 Å². The van der Waals surface area contributed by atoms with E-state index in [0.29, 0.717) is 17.0 Å². The molecule has 0 aliphatic carbocycles. The second-order valence-electron chi connectivity index (χ2n) is 4.00. The minimum Gasteiger partial charge on any atom is -0.508 e. The first kappa shape index (κ1) is 12.8. The second kappa shape index (κ2) is 5.30. The van der Waals surface area contributed by atoms with Gasteiger partial charge < -0.3 is 9.52 Å². The predicted molar refractivity (Wildman–Crippen MR) is 71.2 cm³/mol. The Morgan fingerprint density at radius 1 is 1.21 bits per heavy atom. The minimum absolute atomic E-state index is 0.176. The lowest BCUT2D eigenvalue weighted by atomic mass is 10.2. The highest BCUT2D eigenvalue weighted by Crippen LogP contribution is 2.14. The maximum atomic E-state index is 11.8. The van der Waals surface area contributed by atoms with Crippen molar-refractivity contribution in [2.45, 2.75) is 6.92 Å². The first-order valence-corrected chi connectivity index (χ1v) is 5.66. The standard InChI is InChI=1S/C14H14N2O3/c1-9(11-3-5-12(17)6-4-11)15-16-14(18)13-7-8-19-10(13)2/h3-8,15,17H,1H2,2H3,(H,16,18). The molecule has 0 unspecified atom stereocenters. The zero-order valence-electron chi connectivity index (χ0n) is 10.4. The van der Waals surface area contributed by atoms with Gasteiger partial charge in [0.25, 0.3) is 5.91 Å². The smallest absolute Gasteiger partial charge is 0.273 e. The normalized spacial score (nSPS) is 9.95. The number of rotatable bonds is 4. The summed E-state index contributed by atoms with van der Waals surface area (Å²) in [6, 6.07) is 8.07. The van der Waals surface area contributed by atoms with Crippen LogP contribution in [0.4, 0.5) is 0 Å². The van der Waals surface area contributed by atoms with Gasteiger partial charge in [-0.3, -0.25) is 15.6 Å². The monoisotopic (exact) mass is 258 g/mol. The molecular weight excluding hydrogens is 244 g/mol. The third-order valence-corrected chi connectivity index (χ3v) is 2.65. The van der Waals surface area contributed by atoms with E-state index in [2.05, 4.69) is 17.4 Å². The number of nitrogens with one attached hydrogen (secondary N) is 2. The number of amides is 1. The van der Waals surface area contributed by atoms with Gasteiger partial charge in [0.1, 0.15) is 11.5 Å². The molecule has 0 aliphatic rings. The van der Waals surface area contributed by atoms with Gasteiger partial charge in [0.05, 0.1) is 17.5 Å². The number of aromatic hydroxyl groups is 1. The third-order valence-electron chi connectivity index (χ3n) is 2.65. The molecule has 1 amide bonds. The first-order valence-electron chi connectivity index (χ1n) is 5.66. The quantitative estimate of drug-likeness (QED) is 0.735. The van der Waals surface area contributed by atoms with Crippen LogP contribution in [0.25, 0.3) is 5.70 Å². The van der Waals surface area contributed by atoms with Gasteiger partial charge in [0, 0.05) is 0 Å². The van der Waals surface area contributed by atoms with Crippen LogP contribution in [0.15, 0.2) is 47.6 Å². The van der Waals surface area contributed by atoms with Crippen LogP contribution in [-0.4, -0.2) is 11.0 Å². The molecule has 0 aliphatic heterocycles. The summed E-state index contributed by atoms with van der Waals surface area (Å²) in [5.74, 6) is 0.426. The van der Waals surface area contributed by atoms with E-state index in [1.54, 1.807) is 37.3 Å². The average Bonchev–Trinajstić information content (AvgIpc) is 2.83. The fourth-order valence-corrected chi connectivity index (χ4v) is 1.55. The lowest BCUT2D eigenvalue weighted by molar-refractivity contribution is 0.0941. The summed E-state index contributed by atoms with van der Waals surface area (Å²) in [6.07, 6.45) is 1.46. The van der Waals surface area contributed by atoms with Crippen molar-refractivity contribution < 1.29 is 14.3 Å². The van der Waals surface area contributed by atoms with E-state index in [0.717, 1.165) is 5.56 Å². The van der Waals surface area contributed by atoms with Crippen molar-refractivity contribution in [3.05, 3.63) is 60.1 Å². The predicted octanol–water partition coefficient (Wildman–Crippen LogP) is 2.20. The molecule has 5 nitrogen and oxygen atoms in total. The van der Waals surface area contributed by atoms with Crippen LogP contribution in [-0.2, 0) is 0 Å². The molecule has 0 bridgehead atoms. The molecule has 0 saturated heterocycles. The summed E-state index contributed by atoms with van der Waals surface area (Å²) < 4.78 is 5.05. The summed E-state index contributed by atoms with van der Waals surface area (Å²) in [4.78, 5) is 11.8. The van der Waals surface area contributed by atoms with Crippen LogP contribution < -0.4 is 10.9 Å². The van der Waals surface area contributed by atoms with Crippen LogP contribution >= 0.6 is 0 Å². The van der Waals surface area contributed by atoms with Crippen molar-refractivity contribution in [3.63, 3.8) is 0 Å². The zero-order valence-corrected chi connectivity index (χ0v) is 10.4. The van der Waals surface area contributed by atoms with Gasteiger partial charge in [-0.25, -0.2) is 0 Å². The van der Waals surface area contributed by atoms with E-state index >= 15 is 0 Å². The lowest BCUT2D eigenvalue weighted by Crippen LogP contribution is -2.35. The van der Waals surface area contributed by atoms with Gasteiger partial charge in [0.2, 0.25) is 0 Å². The molecule has 0 radical (unpaired) electrons. The number of hydrazine groups is 1. The Kier molecular flexibility index (Phi) is 3.56. The summed E-state index contributed by atoms with van der Waals surface area (Å²) in [5, 5.41) is 9.18. The number of phenols is 1. The van der Waals surface area contributed by atoms with Crippen molar-refractivity contribution >= 4 is 11.6 Å². The topological polar surface area (TPSA) is 74.5 Å². The molecule has 0 spiro atoms. The van der Waals surface area contributed by atoms with Gasteiger partial charge in [-0.1, -0.05) is 6.58 Å². The number of carbonyl (C=O) groups is 1. The molecule has 1 aromatic heterocycles. The van der Waals surface area contributed by atoms with Crippen LogP contribution in [0.1, 0.15) is 21.7 Å². The van der Waals surface area contributed by atoms with Crippen molar-refractivity contribution in [2.24, 2.45) is 0 Å². The molecular formula is C14H14N2O3. The minimum atomic E-state index is -0.300. The molecule has 0 atom stereocenters. The van der Waals surface area contributed by atoms with Gasteiger partial charge in [-0.15, -0.1) is 0 Å². The SMILES string of the molecule is C=C(NNC(=O)c1ccoc1C)c1ccc(O)cc1. The fraction of sp³-hybridized carbons (Fsp3) is 0.0714. The molecule has 1 aromatic carbocycles. The van der Waals surface area contributed by atoms with E-state index < -0.39 is 0 Å². The van der Waals surface area contributed by atoms with Gasteiger partial charge in [0.15, 0.2) is 0 Å². The Hall–Kier alpha value is -2.69. The maximum absolute atomic E-state index is 11.8. The Bertz CT molecular complexity index is 599. The number of carbonyl (C=O) groups excluding carboxylic acids is 1. The summed E-state index contributed by atoms with van der Waals surface area (Å²) in [7, 11) is 0. The molecule has 2 rings (SSSR count). The molecule has 19 heavy (non-hydrogen) atoms. The lowest BCUT2D eigenvalue weighted by Gasteiger charge is -2.10. The van der Waals surface area contributed by atoms with Crippen LogP contribution in [0.2, 0.25) is 0 Å². The highest BCUT2D eigenvalue weighted by molar-refractivity contribution is 5.95. The Morgan fingerprint density at radius 2 is 1.89 bits per heavy atom. The van der Waals surface area contributed by atoms with Crippen molar-refractivity contribution in [1.82, 2.24) is 10.9 Å². The summed E-state index contributed by atoms with van der Waals surface area (Å²) >= 11 is 0. The molecule has 0 fully saturated rings. The van der Waals surface area contributed by atoms with E-state index in [1.165, 1.54) is 6.26 Å². The van der Waals surface area contributed by atoms with Crippen LogP contribution in [0.3, 0.4) is 0 Å². The van der Waals surface area contributed by atoms with Gasteiger partial charge >= 0.3 is 0 Å². The number of hydrogen-bond acceptors (Lipinski definition) is 4. The van der Waals surface area contributed by atoms with E-state index in [1.807, 2.05) is 0 Å².